The Hall–Kier alpha value is -2.44. The molecule has 0 bridgehead atoms. The molecule has 1 aliphatic heterocycles. The third-order valence-electron chi connectivity index (χ3n) is 5.18. The number of ketones is 1. The summed E-state index contributed by atoms with van der Waals surface area (Å²) >= 11 is 6.19. The molecule has 2 aromatic rings. The lowest BCUT2D eigenvalue weighted by Crippen LogP contribution is -2.50. The molecule has 1 unspecified atom stereocenters. The minimum Gasteiger partial charge on any atom is -0.367 e. The summed E-state index contributed by atoms with van der Waals surface area (Å²) in [6, 6.07) is 11.9. The fourth-order valence-electron chi connectivity index (χ4n) is 3.52. The van der Waals surface area contributed by atoms with Crippen LogP contribution < -0.4 is 10.2 Å². The van der Waals surface area contributed by atoms with E-state index in [4.69, 9.17) is 11.6 Å². The quantitative estimate of drug-likeness (QED) is 0.728. The second-order valence-corrected chi connectivity index (χ2v) is 7.70. The smallest absolute Gasteiger partial charge is 0.234 e. The van der Waals surface area contributed by atoms with E-state index >= 15 is 0 Å². The third-order valence-corrected chi connectivity index (χ3v) is 5.53. The summed E-state index contributed by atoms with van der Waals surface area (Å²) in [5, 5.41) is 3.61. The second-order valence-electron chi connectivity index (χ2n) is 7.30. The molecule has 1 fully saturated rings. The molecule has 154 valence electrons. The van der Waals surface area contributed by atoms with Gasteiger partial charge in [0.25, 0.3) is 0 Å². The maximum absolute atomic E-state index is 14.4. The normalized spacial score (nSPS) is 15.8. The van der Waals surface area contributed by atoms with E-state index in [1.54, 1.807) is 18.2 Å². The Kier molecular flexibility index (Phi) is 6.87. The summed E-state index contributed by atoms with van der Waals surface area (Å²) in [5.74, 6) is -0.613. The highest BCUT2D eigenvalue weighted by atomic mass is 35.5. The molecule has 1 saturated heterocycles. The number of benzene rings is 2. The van der Waals surface area contributed by atoms with Crippen LogP contribution >= 0.6 is 11.6 Å². The lowest BCUT2D eigenvalue weighted by Gasteiger charge is -2.36. The molecule has 0 spiro atoms. The topological polar surface area (TPSA) is 52.7 Å². The average Bonchev–Trinajstić information content (AvgIpc) is 2.68. The summed E-state index contributed by atoms with van der Waals surface area (Å²) in [4.78, 5) is 27.8. The highest BCUT2D eigenvalue weighted by Crippen LogP contribution is 2.23. The zero-order valence-corrected chi connectivity index (χ0v) is 17.4. The number of nitrogens with zero attached hydrogens (tertiary/aromatic N) is 2. The lowest BCUT2D eigenvalue weighted by molar-refractivity contribution is -0.123. The van der Waals surface area contributed by atoms with E-state index in [0.717, 1.165) is 5.56 Å². The van der Waals surface area contributed by atoms with Gasteiger partial charge in [-0.2, -0.15) is 0 Å². The largest absolute Gasteiger partial charge is 0.367 e. The van der Waals surface area contributed by atoms with Gasteiger partial charge in [0.1, 0.15) is 5.82 Å². The fraction of sp³-hybridized carbons (Fsp3) is 0.364. The Labute approximate surface area is 175 Å². The number of Topliss-reactive ketones (excluding diaryl/α,β-unsaturated/α-hetero) is 1. The Balaban J connectivity index is 1.51. The number of halogens is 2. The number of amides is 1. The zero-order chi connectivity index (χ0) is 21.0. The van der Waals surface area contributed by atoms with Gasteiger partial charge in [0.2, 0.25) is 5.91 Å². The minimum atomic E-state index is -0.391. The van der Waals surface area contributed by atoms with Crippen LogP contribution in [0.15, 0.2) is 42.5 Å². The molecule has 1 amide bonds. The molecular weight excluding hydrogens is 393 g/mol. The van der Waals surface area contributed by atoms with Crippen molar-refractivity contribution in [1.29, 1.82) is 0 Å². The van der Waals surface area contributed by atoms with Gasteiger partial charge in [-0.05, 0) is 43.7 Å². The van der Waals surface area contributed by atoms with Crippen LogP contribution in [-0.2, 0) is 4.79 Å². The van der Waals surface area contributed by atoms with Crippen LogP contribution in [0.4, 0.5) is 10.1 Å². The van der Waals surface area contributed by atoms with E-state index in [0.29, 0.717) is 42.5 Å². The molecule has 1 aliphatic rings. The monoisotopic (exact) mass is 417 g/mol. The Morgan fingerprint density at radius 3 is 2.45 bits per heavy atom. The maximum Gasteiger partial charge on any atom is 0.234 e. The number of carbonyl (C=O) groups is 2. The van der Waals surface area contributed by atoms with Crippen LogP contribution in [0.2, 0.25) is 5.02 Å². The van der Waals surface area contributed by atoms with Crippen LogP contribution in [-0.4, -0.2) is 49.3 Å². The van der Waals surface area contributed by atoms with Gasteiger partial charge in [-0.1, -0.05) is 29.8 Å². The molecular formula is C22H25ClFN3O2. The number of nitrogens with one attached hydrogen (secondary N) is 1. The highest BCUT2D eigenvalue weighted by molar-refractivity contribution is 6.31. The molecule has 1 heterocycles. The predicted octanol–water partition coefficient (Wildman–Crippen LogP) is 3.68. The van der Waals surface area contributed by atoms with E-state index in [2.05, 4.69) is 5.32 Å². The Morgan fingerprint density at radius 2 is 1.83 bits per heavy atom. The van der Waals surface area contributed by atoms with Crippen molar-refractivity contribution in [3.05, 3.63) is 64.4 Å². The standard InChI is InChI=1S/C22H25ClFN3O2/c1-15(18-5-3-4-6-19(18)23)25-22(29)14-26-9-11-27(12-10-26)21-8-7-17(16(2)28)13-20(21)24/h3-8,13,15H,9-12,14H2,1-2H3,(H,25,29). The summed E-state index contributed by atoms with van der Waals surface area (Å²) in [5.41, 5.74) is 1.75. The van der Waals surface area contributed by atoms with Gasteiger partial charge in [0, 0.05) is 36.8 Å². The van der Waals surface area contributed by atoms with Crippen molar-refractivity contribution in [3.63, 3.8) is 0 Å². The van der Waals surface area contributed by atoms with Crippen molar-refractivity contribution in [3.8, 4) is 0 Å². The Bertz CT molecular complexity index is 897. The molecule has 0 radical (unpaired) electrons. The third kappa shape index (κ3) is 5.34. The molecule has 3 rings (SSSR count). The molecule has 0 aromatic heterocycles. The molecule has 0 saturated carbocycles. The first-order valence-corrected chi connectivity index (χ1v) is 10.0. The van der Waals surface area contributed by atoms with Crippen molar-refractivity contribution in [2.24, 2.45) is 0 Å². The summed E-state index contributed by atoms with van der Waals surface area (Å²) in [6.07, 6.45) is 0. The van der Waals surface area contributed by atoms with Gasteiger partial charge in [-0.3, -0.25) is 14.5 Å². The molecule has 2 aromatic carbocycles. The number of piperazine rings is 1. The van der Waals surface area contributed by atoms with Crippen LogP contribution in [0.1, 0.15) is 35.8 Å². The molecule has 7 heteroatoms. The van der Waals surface area contributed by atoms with Crippen LogP contribution in [0, 0.1) is 5.82 Å². The lowest BCUT2D eigenvalue weighted by atomic mass is 10.1. The van der Waals surface area contributed by atoms with Gasteiger partial charge in [0.05, 0.1) is 18.3 Å². The SMILES string of the molecule is CC(=O)c1ccc(N2CCN(CC(=O)NC(C)c3ccccc3Cl)CC2)c(F)c1. The first kappa shape index (κ1) is 21.3. The van der Waals surface area contributed by atoms with Crippen LogP contribution in [0.3, 0.4) is 0 Å². The summed E-state index contributed by atoms with van der Waals surface area (Å²) in [7, 11) is 0. The zero-order valence-electron chi connectivity index (χ0n) is 16.6. The first-order valence-electron chi connectivity index (χ1n) is 9.66. The van der Waals surface area contributed by atoms with Crippen molar-refractivity contribution in [1.82, 2.24) is 10.2 Å². The number of hydrogen-bond acceptors (Lipinski definition) is 4. The van der Waals surface area contributed by atoms with Gasteiger partial charge in [-0.15, -0.1) is 0 Å². The van der Waals surface area contributed by atoms with Crippen molar-refractivity contribution in [2.45, 2.75) is 19.9 Å². The highest BCUT2D eigenvalue weighted by Gasteiger charge is 2.22. The number of hydrogen-bond donors (Lipinski definition) is 1. The maximum atomic E-state index is 14.4. The number of rotatable bonds is 6. The molecule has 0 aliphatic carbocycles. The van der Waals surface area contributed by atoms with E-state index in [1.807, 2.05) is 34.9 Å². The van der Waals surface area contributed by atoms with E-state index in [9.17, 15) is 14.0 Å². The van der Waals surface area contributed by atoms with Crippen molar-refractivity contribution >= 4 is 29.0 Å². The second kappa shape index (κ2) is 9.37. The first-order chi connectivity index (χ1) is 13.8. The average molecular weight is 418 g/mol. The minimum absolute atomic E-state index is 0.0668. The predicted molar refractivity (Wildman–Crippen MR) is 113 cm³/mol. The summed E-state index contributed by atoms with van der Waals surface area (Å²) < 4.78 is 14.4. The van der Waals surface area contributed by atoms with Gasteiger partial charge >= 0.3 is 0 Å². The van der Waals surface area contributed by atoms with E-state index < -0.39 is 5.82 Å². The van der Waals surface area contributed by atoms with Crippen molar-refractivity contribution in [2.75, 3.05) is 37.6 Å². The van der Waals surface area contributed by atoms with Crippen LogP contribution in [0.25, 0.3) is 0 Å². The van der Waals surface area contributed by atoms with Crippen molar-refractivity contribution < 1.29 is 14.0 Å². The summed E-state index contributed by atoms with van der Waals surface area (Å²) in [6.45, 7) is 6.15. The molecule has 5 nitrogen and oxygen atoms in total. The van der Waals surface area contributed by atoms with Gasteiger partial charge in [-0.25, -0.2) is 4.39 Å². The molecule has 29 heavy (non-hydrogen) atoms. The van der Waals surface area contributed by atoms with Gasteiger partial charge < -0.3 is 10.2 Å². The van der Waals surface area contributed by atoms with E-state index in [1.165, 1.54) is 13.0 Å². The molecule has 1 atom stereocenters. The van der Waals surface area contributed by atoms with Gasteiger partial charge in [0.15, 0.2) is 5.78 Å². The fourth-order valence-corrected chi connectivity index (χ4v) is 3.82. The van der Waals surface area contributed by atoms with E-state index in [-0.39, 0.29) is 24.3 Å². The molecule has 1 N–H and O–H groups in total. The number of anilines is 1. The van der Waals surface area contributed by atoms with Crippen LogP contribution in [0.5, 0.6) is 0 Å². The number of carbonyl (C=O) groups excluding carboxylic acids is 2. The Morgan fingerprint density at radius 1 is 1.14 bits per heavy atom.